The van der Waals surface area contributed by atoms with Crippen LogP contribution >= 0.6 is 11.8 Å². The molecule has 0 saturated carbocycles. The summed E-state index contributed by atoms with van der Waals surface area (Å²) < 4.78 is 1.72. The van der Waals surface area contributed by atoms with Crippen LogP contribution in [0.15, 0.2) is 47.6 Å². The van der Waals surface area contributed by atoms with Crippen molar-refractivity contribution in [1.82, 2.24) is 29.8 Å². The van der Waals surface area contributed by atoms with Gasteiger partial charge in [0.25, 0.3) is 5.78 Å². The van der Waals surface area contributed by atoms with E-state index in [0.717, 1.165) is 40.1 Å². The van der Waals surface area contributed by atoms with Crippen molar-refractivity contribution >= 4 is 29.2 Å². The highest BCUT2D eigenvalue weighted by Crippen LogP contribution is 2.23. The van der Waals surface area contributed by atoms with Crippen molar-refractivity contribution in [2.75, 3.05) is 11.1 Å². The zero-order chi connectivity index (χ0) is 17.9. The minimum Gasteiger partial charge on any atom is -0.323 e. The third-order valence-electron chi connectivity index (χ3n) is 3.77. The molecule has 0 aliphatic rings. The van der Waals surface area contributed by atoms with Gasteiger partial charge in [-0.25, -0.2) is 4.98 Å². The average Bonchev–Trinajstić information content (AvgIpc) is 3.27. The molecule has 132 valence electrons. The summed E-state index contributed by atoms with van der Waals surface area (Å²) in [6.45, 7) is 4.08. The molecule has 4 rings (SSSR count). The van der Waals surface area contributed by atoms with E-state index in [9.17, 15) is 0 Å². The summed E-state index contributed by atoms with van der Waals surface area (Å²) in [4.78, 5) is 8.97. The molecule has 26 heavy (non-hydrogen) atoms. The minimum atomic E-state index is 0.588. The number of aryl methyl sites for hydroxylation is 1. The van der Waals surface area contributed by atoms with E-state index in [1.807, 2.05) is 49.4 Å². The molecule has 0 radical (unpaired) electrons. The maximum absolute atomic E-state index is 4.56. The van der Waals surface area contributed by atoms with Gasteiger partial charge >= 0.3 is 0 Å². The van der Waals surface area contributed by atoms with Crippen molar-refractivity contribution in [1.29, 1.82) is 0 Å². The van der Waals surface area contributed by atoms with E-state index in [-0.39, 0.29) is 0 Å². The normalized spacial score (nSPS) is 11.2. The second-order valence-corrected chi connectivity index (χ2v) is 6.96. The first-order chi connectivity index (χ1) is 12.7. The van der Waals surface area contributed by atoms with Gasteiger partial charge in [-0.1, -0.05) is 49.0 Å². The molecule has 0 aliphatic carbocycles. The lowest BCUT2D eigenvalue weighted by Crippen LogP contribution is -2.02. The van der Waals surface area contributed by atoms with Crippen molar-refractivity contribution in [3.63, 3.8) is 0 Å². The SMILES string of the molecule is CCCSc1nc2nc(C)cc(Nc3cc(-c4ccccc4)[nH]n3)n2n1. The zero-order valence-electron chi connectivity index (χ0n) is 14.6. The third-order valence-corrected chi connectivity index (χ3v) is 4.82. The van der Waals surface area contributed by atoms with Gasteiger partial charge in [0.2, 0.25) is 5.16 Å². The van der Waals surface area contributed by atoms with Crippen LogP contribution in [0.1, 0.15) is 19.0 Å². The average molecular weight is 365 g/mol. The van der Waals surface area contributed by atoms with Crippen LogP contribution in [0.4, 0.5) is 11.6 Å². The molecular formula is C18H19N7S. The molecule has 0 bridgehead atoms. The lowest BCUT2D eigenvalue weighted by atomic mass is 10.2. The number of nitrogens with zero attached hydrogens (tertiary/aromatic N) is 5. The molecule has 7 nitrogen and oxygen atoms in total. The van der Waals surface area contributed by atoms with Gasteiger partial charge in [-0.2, -0.15) is 14.6 Å². The topological polar surface area (TPSA) is 83.8 Å². The summed E-state index contributed by atoms with van der Waals surface area (Å²) in [7, 11) is 0. The molecule has 0 fully saturated rings. The number of hydrogen-bond acceptors (Lipinski definition) is 6. The number of aromatic amines is 1. The van der Waals surface area contributed by atoms with E-state index >= 15 is 0 Å². The highest BCUT2D eigenvalue weighted by atomic mass is 32.2. The van der Waals surface area contributed by atoms with Crippen LogP contribution in [0.5, 0.6) is 0 Å². The number of thioether (sulfide) groups is 1. The summed E-state index contributed by atoms with van der Waals surface area (Å²) in [6.07, 6.45) is 1.08. The molecule has 8 heteroatoms. The first kappa shape index (κ1) is 16.6. The fraction of sp³-hybridized carbons (Fsp3) is 0.222. The Balaban J connectivity index is 1.64. The summed E-state index contributed by atoms with van der Waals surface area (Å²) in [5.41, 5.74) is 2.91. The molecule has 1 aromatic carbocycles. The summed E-state index contributed by atoms with van der Waals surface area (Å²) >= 11 is 1.64. The first-order valence-electron chi connectivity index (χ1n) is 8.48. The fourth-order valence-electron chi connectivity index (χ4n) is 2.59. The summed E-state index contributed by atoms with van der Waals surface area (Å²) in [5.74, 6) is 3.08. The molecule has 0 spiro atoms. The van der Waals surface area contributed by atoms with E-state index in [2.05, 4.69) is 37.5 Å². The molecule has 4 aromatic rings. The van der Waals surface area contributed by atoms with E-state index in [1.165, 1.54) is 0 Å². The number of hydrogen-bond donors (Lipinski definition) is 2. The predicted molar refractivity (Wildman–Crippen MR) is 104 cm³/mol. The van der Waals surface area contributed by atoms with Crippen molar-refractivity contribution in [2.45, 2.75) is 25.4 Å². The molecule has 2 N–H and O–H groups in total. The molecule has 3 aromatic heterocycles. The molecule has 0 unspecified atom stereocenters. The number of fused-ring (bicyclic) bond motifs is 1. The van der Waals surface area contributed by atoms with Crippen LogP contribution in [0.3, 0.4) is 0 Å². The Labute approximate surface area is 155 Å². The van der Waals surface area contributed by atoms with Crippen molar-refractivity contribution in [2.24, 2.45) is 0 Å². The number of H-pyrrole nitrogens is 1. The van der Waals surface area contributed by atoms with Gasteiger partial charge in [-0.05, 0) is 18.9 Å². The number of benzene rings is 1. The van der Waals surface area contributed by atoms with E-state index in [1.54, 1.807) is 16.3 Å². The van der Waals surface area contributed by atoms with Crippen molar-refractivity contribution in [3.05, 3.63) is 48.2 Å². The van der Waals surface area contributed by atoms with E-state index in [4.69, 9.17) is 0 Å². The number of nitrogens with one attached hydrogen (secondary N) is 2. The molecule has 3 heterocycles. The Morgan fingerprint density at radius 3 is 2.81 bits per heavy atom. The maximum atomic E-state index is 4.56. The number of aromatic nitrogens is 6. The zero-order valence-corrected chi connectivity index (χ0v) is 15.4. The fourth-order valence-corrected chi connectivity index (χ4v) is 3.27. The van der Waals surface area contributed by atoms with Gasteiger partial charge in [0.05, 0.1) is 5.69 Å². The monoisotopic (exact) mass is 365 g/mol. The highest BCUT2D eigenvalue weighted by Gasteiger charge is 2.12. The first-order valence-corrected chi connectivity index (χ1v) is 9.46. The van der Waals surface area contributed by atoms with Crippen LogP contribution in [-0.2, 0) is 0 Å². The predicted octanol–water partition coefficient (Wildman–Crippen LogP) is 4.07. The number of anilines is 2. The smallest absolute Gasteiger partial charge is 0.255 e. The molecule has 0 atom stereocenters. The van der Waals surface area contributed by atoms with Crippen molar-refractivity contribution < 1.29 is 0 Å². The Bertz CT molecular complexity index is 1020. The van der Waals surface area contributed by atoms with Gasteiger partial charge < -0.3 is 5.32 Å². The Kier molecular flexibility index (Phi) is 4.57. The Morgan fingerprint density at radius 1 is 1.15 bits per heavy atom. The molecular weight excluding hydrogens is 346 g/mol. The Hall–Kier alpha value is -2.87. The number of rotatable bonds is 6. The van der Waals surface area contributed by atoms with Crippen LogP contribution in [0.2, 0.25) is 0 Å². The van der Waals surface area contributed by atoms with Crippen LogP contribution in [0, 0.1) is 6.92 Å². The summed E-state index contributed by atoms with van der Waals surface area (Å²) in [5, 5.41) is 16.0. The van der Waals surface area contributed by atoms with Gasteiger partial charge in [0, 0.05) is 23.6 Å². The van der Waals surface area contributed by atoms with E-state index < -0.39 is 0 Å². The van der Waals surface area contributed by atoms with Gasteiger partial charge in [0.15, 0.2) is 5.82 Å². The minimum absolute atomic E-state index is 0.588. The second-order valence-electron chi connectivity index (χ2n) is 5.90. The largest absolute Gasteiger partial charge is 0.323 e. The standard InChI is InChI=1S/C18H19N7S/c1-3-9-26-18-21-17-19-12(2)10-16(25(17)24-18)20-15-11-14(22-23-15)13-7-5-4-6-8-13/h4-8,10-11H,3,9H2,1-2H3,(H2,20,22,23). The maximum Gasteiger partial charge on any atom is 0.255 e. The third kappa shape index (κ3) is 3.41. The summed E-state index contributed by atoms with van der Waals surface area (Å²) in [6, 6.07) is 14.0. The van der Waals surface area contributed by atoms with Gasteiger partial charge in [0.1, 0.15) is 5.82 Å². The molecule has 0 saturated heterocycles. The second kappa shape index (κ2) is 7.17. The van der Waals surface area contributed by atoms with Gasteiger partial charge in [-0.15, -0.1) is 5.10 Å². The Morgan fingerprint density at radius 2 is 2.00 bits per heavy atom. The van der Waals surface area contributed by atoms with Crippen molar-refractivity contribution in [3.8, 4) is 11.3 Å². The van der Waals surface area contributed by atoms with Crippen LogP contribution < -0.4 is 5.32 Å². The molecule has 0 aliphatic heterocycles. The lowest BCUT2D eigenvalue weighted by molar-refractivity contribution is 0.880. The molecule has 0 amide bonds. The van der Waals surface area contributed by atoms with E-state index in [0.29, 0.717) is 11.6 Å². The van der Waals surface area contributed by atoms with Gasteiger partial charge in [-0.3, -0.25) is 5.10 Å². The van der Waals surface area contributed by atoms with Crippen LogP contribution in [-0.4, -0.2) is 35.5 Å². The van der Waals surface area contributed by atoms with Crippen LogP contribution in [0.25, 0.3) is 17.0 Å². The quantitative estimate of drug-likeness (QED) is 0.501. The highest BCUT2D eigenvalue weighted by molar-refractivity contribution is 7.99. The lowest BCUT2D eigenvalue weighted by Gasteiger charge is -2.05.